The minimum Gasteiger partial charge on any atom is -0.492 e. The van der Waals surface area contributed by atoms with Crippen molar-refractivity contribution in [2.75, 3.05) is 25.1 Å². The van der Waals surface area contributed by atoms with Gasteiger partial charge in [0.25, 0.3) is 0 Å². The van der Waals surface area contributed by atoms with Crippen molar-refractivity contribution >= 4 is 17.6 Å². The normalized spacial score (nSPS) is 9.90. The minimum absolute atomic E-state index is 0.249. The van der Waals surface area contributed by atoms with Crippen LogP contribution in [0.15, 0.2) is 12.1 Å². The van der Waals surface area contributed by atoms with Crippen molar-refractivity contribution in [3.63, 3.8) is 0 Å². The molecule has 0 aliphatic rings. The Morgan fingerprint density at radius 2 is 1.52 bits per heavy atom. The lowest BCUT2D eigenvalue weighted by atomic mass is 10.1. The average Bonchev–Trinajstić information content (AvgIpc) is 2.42. The van der Waals surface area contributed by atoms with Gasteiger partial charge in [-0.3, -0.25) is 4.79 Å². The Kier molecular flexibility index (Phi) is 6.52. The molecular formula is C15H21NO5. The molecule has 0 atom stereocenters. The number of nitrogens with one attached hydrogen (secondary N) is 1. The van der Waals surface area contributed by atoms with E-state index in [0.717, 1.165) is 0 Å². The molecular weight excluding hydrogens is 274 g/mol. The summed E-state index contributed by atoms with van der Waals surface area (Å²) in [6.07, 6.45) is 0. The van der Waals surface area contributed by atoms with Crippen molar-refractivity contribution in [3.8, 4) is 11.5 Å². The average molecular weight is 295 g/mol. The second-order valence-electron chi connectivity index (χ2n) is 4.12. The highest BCUT2D eigenvalue weighted by molar-refractivity contribution is 5.96. The molecule has 0 radical (unpaired) electrons. The van der Waals surface area contributed by atoms with E-state index in [-0.39, 0.29) is 12.5 Å². The summed E-state index contributed by atoms with van der Waals surface area (Å²) >= 11 is 0. The van der Waals surface area contributed by atoms with Crippen molar-refractivity contribution in [2.45, 2.75) is 27.7 Å². The molecule has 0 aliphatic heterocycles. The number of ether oxygens (including phenoxy) is 3. The van der Waals surface area contributed by atoms with E-state index in [0.29, 0.717) is 36.0 Å². The number of hydrogen-bond donors (Lipinski definition) is 1. The molecule has 21 heavy (non-hydrogen) atoms. The van der Waals surface area contributed by atoms with Crippen LogP contribution in [0.5, 0.6) is 11.5 Å². The lowest BCUT2D eigenvalue weighted by Crippen LogP contribution is -2.12. The van der Waals surface area contributed by atoms with Crippen LogP contribution in [-0.2, 0) is 9.53 Å². The fourth-order valence-electron chi connectivity index (χ4n) is 1.76. The second-order valence-corrected chi connectivity index (χ2v) is 4.12. The van der Waals surface area contributed by atoms with E-state index in [2.05, 4.69) is 5.32 Å². The summed E-state index contributed by atoms with van der Waals surface area (Å²) in [6.45, 7) is 7.82. The van der Waals surface area contributed by atoms with E-state index in [1.807, 2.05) is 13.8 Å². The molecule has 0 bridgehead atoms. The predicted octanol–water partition coefficient (Wildman–Crippen LogP) is 2.62. The zero-order valence-corrected chi connectivity index (χ0v) is 12.8. The summed E-state index contributed by atoms with van der Waals surface area (Å²) in [6, 6.07) is 3.07. The van der Waals surface area contributed by atoms with Crippen molar-refractivity contribution in [1.29, 1.82) is 0 Å². The quantitative estimate of drug-likeness (QED) is 0.783. The highest BCUT2D eigenvalue weighted by Gasteiger charge is 2.18. The fourth-order valence-corrected chi connectivity index (χ4v) is 1.76. The first-order chi connectivity index (χ1) is 10.0. The van der Waals surface area contributed by atoms with E-state index in [4.69, 9.17) is 14.2 Å². The number of rotatable bonds is 7. The summed E-state index contributed by atoms with van der Waals surface area (Å²) in [4.78, 5) is 23.2. The molecule has 116 valence electrons. The molecule has 6 heteroatoms. The van der Waals surface area contributed by atoms with Crippen molar-refractivity contribution < 1.29 is 23.8 Å². The first kappa shape index (κ1) is 16.8. The largest absolute Gasteiger partial charge is 0.492 e. The maximum atomic E-state index is 11.9. The Morgan fingerprint density at radius 1 is 1.00 bits per heavy atom. The van der Waals surface area contributed by atoms with Crippen LogP contribution >= 0.6 is 0 Å². The van der Waals surface area contributed by atoms with Crippen molar-refractivity contribution in [1.82, 2.24) is 0 Å². The standard InChI is InChI=1S/C15H21NO5/c1-5-19-12-8-11(15(18)21-7-3)9-13(20-6-2)14(12)16-10(4)17/h8-9H,5-7H2,1-4H3,(H,16,17). The zero-order valence-electron chi connectivity index (χ0n) is 12.8. The Labute approximate surface area is 124 Å². The van der Waals surface area contributed by atoms with Gasteiger partial charge in [-0.2, -0.15) is 0 Å². The van der Waals surface area contributed by atoms with Crippen LogP contribution in [0.25, 0.3) is 0 Å². The molecule has 0 saturated carbocycles. The zero-order chi connectivity index (χ0) is 15.8. The van der Waals surface area contributed by atoms with Gasteiger partial charge in [-0.15, -0.1) is 0 Å². The summed E-state index contributed by atoms with van der Waals surface area (Å²) < 4.78 is 16.0. The van der Waals surface area contributed by atoms with Gasteiger partial charge in [-0.25, -0.2) is 4.79 Å². The van der Waals surface area contributed by atoms with Crippen LogP contribution in [0.1, 0.15) is 38.1 Å². The molecule has 1 N–H and O–H groups in total. The van der Waals surface area contributed by atoms with Gasteiger partial charge in [-0.1, -0.05) is 0 Å². The van der Waals surface area contributed by atoms with Crippen LogP contribution in [0.2, 0.25) is 0 Å². The predicted molar refractivity (Wildman–Crippen MR) is 79.0 cm³/mol. The maximum absolute atomic E-state index is 11.9. The summed E-state index contributed by atoms with van der Waals surface area (Å²) in [7, 11) is 0. The third kappa shape index (κ3) is 4.66. The molecule has 1 aromatic carbocycles. The number of amides is 1. The summed E-state index contributed by atoms with van der Waals surface area (Å²) in [5, 5.41) is 2.67. The highest BCUT2D eigenvalue weighted by atomic mass is 16.5. The number of benzene rings is 1. The Morgan fingerprint density at radius 3 is 1.90 bits per heavy atom. The van der Waals surface area contributed by atoms with Gasteiger partial charge in [-0.05, 0) is 32.9 Å². The van der Waals surface area contributed by atoms with Crippen LogP contribution in [0.4, 0.5) is 5.69 Å². The van der Waals surface area contributed by atoms with E-state index in [1.54, 1.807) is 6.92 Å². The van der Waals surface area contributed by atoms with Crippen LogP contribution < -0.4 is 14.8 Å². The molecule has 0 aliphatic carbocycles. The molecule has 1 aromatic rings. The second kappa shape index (κ2) is 8.14. The van der Waals surface area contributed by atoms with Gasteiger partial charge < -0.3 is 19.5 Å². The van der Waals surface area contributed by atoms with E-state index < -0.39 is 5.97 Å². The molecule has 1 rings (SSSR count). The lowest BCUT2D eigenvalue weighted by Gasteiger charge is -2.17. The molecule has 0 saturated heterocycles. The Balaban J connectivity index is 3.32. The van der Waals surface area contributed by atoms with E-state index in [1.165, 1.54) is 19.1 Å². The number of carbonyl (C=O) groups is 2. The SMILES string of the molecule is CCOC(=O)c1cc(OCC)c(NC(C)=O)c(OCC)c1. The molecule has 0 spiro atoms. The van der Waals surface area contributed by atoms with Gasteiger partial charge in [0.2, 0.25) is 5.91 Å². The number of hydrogen-bond acceptors (Lipinski definition) is 5. The van der Waals surface area contributed by atoms with Crippen LogP contribution in [-0.4, -0.2) is 31.7 Å². The smallest absolute Gasteiger partial charge is 0.338 e. The van der Waals surface area contributed by atoms with Crippen molar-refractivity contribution in [3.05, 3.63) is 17.7 Å². The highest BCUT2D eigenvalue weighted by Crippen LogP contribution is 2.36. The topological polar surface area (TPSA) is 73.9 Å². The summed E-state index contributed by atoms with van der Waals surface area (Å²) in [5.74, 6) is 0.0398. The third-order valence-electron chi connectivity index (χ3n) is 2.48. The first-order valence-electron chi connectivity index (χ1n) is 6.91. The molecule has 1 amide bonds. The number of anilines is 1. The first-order valence-corrected chi connectivity index (χ1v) is 6.91. The number of carbonyl (C=O) groups excluding carboxylic acids is 2. The number of esters is 1. The van der Waals surface area contributed by atoms with E-state index in [9.17, 15) is 9.59 Å². The molecule has 0 fully saturated rings. The monoisotopic (exact) mass is 295 g/mol. The van der Waals surface area contributed by atoms with Gasteiger partial charge >= 0.3 is 5.97 Å². The van der Waals surface area contributed by atoms with Gasteiger partial charge in [0, 0.05) is 6.92 Å². The summed E-state index contributed by atoms with van der Waals surface area (Å²) in [5.41, 5.74) is 0.733. The van der Waals surface area contributed by atoms with Gasteiger partial charge in [0.05, 0.1) is 25.4 Å². The third-order valence-corrected chi connectivity index (χ3v) is 2.48. The van der Waals surface area contributed by atoms with Gasteiger partial charge in [0.15, 0.2) is 0 Å². The van der Waals surface area contributed by atoms with Gasteiger partial charge in [0.1, 0.15) is 17.2 Å². The van der Waals surface area contributed by atoms with Crippen molar-refractivity contribution in [2.24, 2.45) is 0 Å². The van der Waals surface area contributed by atoms with Crippen LogP contribution in [0, 0.1) is 0 Å². The molecule has 0 heterocycles. The fraction of sp³-hybridized carbons (Fsp3) is 0.467. The maximum Gasteiger partial charge on any atom is 0.338 e. The van der Waals surface area contributed by atoms with Crippen LogP contribution in [0.3, 0.4) is 0 Å². The Hall–Kier alpha value is -2.24. The Bertz CT molecular complexity index is 486. The molecule has 0 unspecified atom stereocenters. The lowest BCUT2D eigenvalue weighted by molar-refractivity contribution is -0.114. The van der Waals surface area contributed by atoms with E-state index >= 15 is 0 Å². The molecule has 0 aromatic heterocycles. The molecule has 6 nitrogen and oxygen atoms in total. The minimum atomic E-state index is -0.464.